The van der Waals surface area contributed by atoms with Gasteiger partial charge in [-0.1, -0.05) is 24.3 Å². The van der Waals surface area contributed by atoms with Crippen molar-refractivity contribution in [2.45, 2.75) is 5.92 Å². The Hall–Kier alpha value is -2.14. The first-order chi connectivity index (χ1) is 8.65. The van der Waals surface area contributed by atoms with Crippen LogP contribution < -0.4 is 5.73 Å². The molecule has 5 nitrogen and oxygen atoms in total. The van der Waals surface area contributed by atoms with E-state index in [1.165, 1.54) is 0 Å². The number of hydrogen-bond acceptors (Lipinski definition) is 3. The van der Waals surface area contributed by atoms with Crippen LogP contribution in [0.2, 0.25) is 0 Å². The van der Waals surface area contributed by atoms with Gasteiger partial charge in [0.25, 0.3) is 0 Å². The molecule has 0 spiro atoms. The van der Waals surface area contributed by atoms with Crippen molar-refractivity contribution in [2.24, 2.45) is 12.8 Å². The fourth-order valence-electron chi connectivity index (χ4n) is 1.99. The summed E-state index contributed by atoms with van der Waals surface area (Å²) in [5.74, 6) is -0.887. The molecule has 0 aliphatic heterocycles. The molecular formula is C13H15N3O2. The van der Waals surface area contributed by atoms with Crippen LogP contribution in [0, 0.1) is 0 Å². The molecule has 94 valence electrons. The van der Waals surface area contributed by atoms with Gasteiger partial charge in [-0.25, -0.2) is 4.98 Å². The van der Waals surface area contributed by atoms with Crippen molar-refractivity contribution < 1.29 is 9.90 Å². The van der Waals surface area contributed by atoms with Gasteiger partial charge in [0.15, 0.2) is 0 Å². The van der Waals surface area contributed by atoms with Crippen molar-refractivity contribution in [3.8, 4) is 11.4 Å². The lowest BCUT2D eigenvalue weighted by molar-refractivity contribution is -0.138. The third kappa shape index (κ3) is 2.12. The highest BCUT2D eigenvalue weighted by atomic mass is 16.4. The quantitative estimate of drug-likeness (QED) is 0.848. The molecule has 0 radical (unpaired) electrons. The number of aromatic nitrogens is 2. The molecule has 3 N–H and O–H groups in total. The van der Waals surface area contributed by atoms with Crippen LogP contribution in [0.4, 0.5) is 0 Å². The Morgan fingerprint density at radius 3 is 2.78 bits per heavy atom. The van der Waals surface area contributed by atoms with Gasteiger partial charge in [0.2, 0.25) is 0 Å². The summed E-state index contributed by atoms with van der Waals surface area (Å²) in [5, 5.41) is 9.21. The summed E-state index contributed by atoms with van der Waals surface area (Å²) in [7, 11) is 1.87. The first kappa shape index (κ1) is 12.3. The molecule has 0 aliphatic carbocycles. The second-order valence-corrected chi connectivity index (χ2v) is 4.08. The Balaban J connectivity index is 2.56. The van der Waals surface area contributed by atoms with Crippen molar-refractivity contribution in [3.63, 3.8) is 0 Å². The molecule has 0 aliphatic rings. The summed E-state index contributed by atoms with van der Waals surface area (Å²) < 4.78 is 1.86. The molecule has 0 bridgehead atoms. The zero-order chi connectivity index (χ0) is 13.1. The average molecular weight is 245 g/mol. The number of imidazole rings is 1. The Bertz CT molecular complexity index is 563. The van der Waals surface area contributed by atoms with Gasteiger partial charge in [0, 0.05) is 31.5 Å². The smallest absolute Gasteiger partial charge is 0.312 e. The molecule has 5 heteroatoms. The lowest BCUT2D eigenvalue weighted by atomic mass is 9.94. The predicted octanol–water partition coefficient (Wildman–Crippen LogP) is 1.21. The van der Waals surface area contributed by atoms with Gasteiger partial charge < -0.3 is 15.4 Å². The van der Waals surface area contributed by atoms with E-state index in [1.54, 1.807) is 12.3 Å². The molecule has 2 rings (SSSR count). The second kappa shape index (κ2) is 5.01. The molecular weight excluding hydrogens is 230 g/mol. The lowest BCUT2D eigenvalue weighted by Crippen LogP contribution is -2.22. The summed E-state index contributed by atoms with van der Waals surface area (Å²) in [5.41, 5.74) is 7.06. The summed E-state index contributed by atoms with van der Waals surface area (Å²) in [4.78, 5) is 15.5. The molecule has 1 heterocycles. The van der Waals surface area contributed by atoms with Gasteiger partial charge >= 0.3 is 5.97 Å². The van der Waals surface area contributed by atoms with Gasteiger partial charge in [0.05, 0.1) is 5.92 Å². The maximum atomic E-state index is 11.2. The van der Waals surface area contributed by atoms with Crippen LogP contribution in [-0.4, -0.2) is 27.2 Å². The molecule has 1 atom stereocenters. The second-order valence-electron chi connectivity index (χ2n) is 4.08. The highest BCUT2D eigenvalue weighted by Crippen LogP contribution is 2.27. The molecule has 0 saturated carbocycles. The van der Waals surface area contributed by atoms with E-state index in [1.807, 2.05) is 36.0 Å². The highest BCUT2D eigenvalue weighted by Gasteiger charge is 2.22. The van der Waals surface area contributed by atoms with Crippen molar-refractivity contribution in [1.29, 1.82) is 0 Å². The first-order valence-corrected chi connectivity index (χ1v) is 5.64. The largest absolute Gasteiger partial charge is 0.481 e. The van der Waals surface area contributed by atoms with E-state index in [-0.39, 0.29) is 6.54 Å². The van der Waals surface area contributed by atoms with Crippen LogP contribution in [0.3, 0.4) is 0 Å². The Kier molecular flexibility index (Phi) is 3.43. The molecule has 18 heavy (non-hydrogen) atoms. The van der Waals surface area contributed by atoms with Crippen LogP contribution in [0.15, 0.2) is 36.7 Å². The van der Waals surface area contributed by atoms with Crippen LogP contribution in [0.1, 0.15) is 11.5 Å². The summed E-state index contributed by atoms with van der Waals surface area (Å²) in [6.07, 6.45) is 3.51. The van der Waals surface area contributed by atoms with E-state index in [0.717, 1.165) is 11.4 Å². The normalized spacial score (nSPS) is 12.3. The zero-order valence-corrected chi connectivity index (χ0v) is 10.1. The fourth-order valence-corrected chi connectivity index (χ4v) is 1.99. The summed E-state index contributed by atoms with van der Waals surface area (Å²) in [6.45, 7) is 0.0662. The minimum absolute atomic E-state index is 0.0662. The number of carbonyl (C=O) groups is 1. The molecule has 1 unspecified atom stereocenters. The van der Waals surface area contributed by atoms with Crippen LogP contribution in [-0.2, 0) is 11.8 Å². The molecule has 1 aromatic heterocycles. The standard InChI is InChI=1S/C13H15N3O2/c1-16-7-6-15-12(16)10-5-3-2-4-9(10)11(8-14)13(17)18/h2-7,11H,8,14H2,1H3,(H,17,18). The van der Waals surface area contributed by atoms with E-state index in [4.69, 9.17) is 5.73 Å². The van der Waals surface area contributed by atoms with Gasteiger partial charge in [-0.3, -0.25) is 4.79 Å². The Morgan fingerprint density at radius 2 is 2.22 bits per heavy atom. The number of carboxylic acids is 1. The van der Waals surface area contributed by atoms with E-state index in [2.05, 4.69) is 4.98 Å². The number of rotatable bonds is 4. The molecule has 0 amide bonds. The third-order valence-electron chi connectivity index (χ3n) is 2.93. The highest BCUT2D eigenvalue weighted by molar-refractivity contribution is 5.80. The van der Waals surface area contributed by atoms with Gasteiger partial charge in [-0.05, 0) is 5.56 Å². The topological polar surface area (TPSA) is 81.1 Å². The van der Waals surface area contributed by atoms with E-state index < -0.39 is 11.9 Å². The minimum Gasteiger partial charge on any atom is -0.481 e. The van der Waals surface area contributed by atoms with Crippen LogP contribution in [0.25, 0.3) is 11.4 Å². The Morgan fingerprint density at radius 1 is 1.50 bits per heavy atom. The van der Waals surface area contributed by atoms with Crippen molar-refractivity contribution in [3.05, 3.63) is 42.2 Å². The number of aliphatic carboxylic acids is 1. The van der Waals surface area contributed by atoms with Gasteiger partial charge in [0.1, 0.15) is 5.82 Å². The van der Waals surface area contributed by atoms with Gasteiger partial charge in [-0.2, -0.15) is 0 Å². The van der Waals surface area contributed by atoms with Crippen molar-refractivity contribution in [2.75, 3.05) is 6.54 Å². The first-order valence-electron chi connectivity index (χ1n) is 5.64. The minimum atomic E-state index is -0.917. The fraction of sp³-hybridized carbons (Fsp3) is 0.231. The van der Waals surface area contributed by atoms with Crippen LogP contribution >= 0.6 is 0 Å². The maximum Gasteiger partial charge on any atom is 0.312 e. The number of nitrogens with zero attached hydrogens (tertiary/aromatic N) is 2. The summed E-state index contributed by atoms with van der Waals surface area (Å²) >= 11 is 0. The molecule has 2 aromatic rings. The zero-order valence-electron chi connectivity index (χ0n) is 10.1. The lowest BCUT2D eigenvalue weighted by Gasteiger charge is -2.14. The van der Waals surface area contributed by atoms with Gasteiger partial charge in [-0.15, -0.1) is 0 Å². The molecule has 1 aromatic carbocycles. The average Bonchev–Trinajstić information content (AvgIpc) is 2.76. The number of hydrogen-bond donors (Lipinski definition) is 2. The number of nitrogens with two attached hydrogens (primary N) is 1. The molecule has 0 fully saturated rings. The number of aryl methyl sites for hydroxylation is 1. The van der Waals surface area contributed by atoms with E-state index in [9.17, 15) is 9.90 Å². The van der Waals surface area contributed by atoms with E-state index in [0.29, 0.717) is 5.56 Å². The number of carboxylic acid groups (broad SMARTS) is 1. The van der Waals surface area contributed by atoms with E-state index >= 15 is 0 Å². The van der Waals surface area contributed by atoms with Crippen LogP contribution in [0.5, 0.6) is 0 Å². The Labute approximate surface area is 105 Å². The SMILES string of the molecule is Cn1ccnc1-c1ccccc1C(CN)C(=O)O. The number of benzene rings is 1. The predicted molar refractivity (Wildman–Crippen MR) is 68.1 cm³/mol. The van der Waals surface area contributed by atoms with Crippen molar-refractivity contribution in [1.82, 2.24) is 9.55 Å². The maximum absolute atomic E-state index is 11.2. The summed E-state index contributed by atoms with van der Waals surface area (Å²) in [6, 6.07) is 7.33. The molecule has 0 saturated heterocycles. The third-order valence-corrected chi connectivity index (χ3v) is 2.93. The monoisotopic (exact) mass is 245 g/mol. The van der Waals surface area contributed by atoms with Crippen molar-refractivity contribution >= 4 is 5.97 Å².